The van der Waals surface area contributed by atoms with Crippen molar-refractivity contribution in [2.75, 3.05) is 7.11 Å². The number of carbonyl (C=O) groups is 1. The van der Waals surface area contributed by atoms with E-state index in [4.69, 9.17) is 0 Å². The van der Waals surface area contributed by atoms with E-state index in [9.17, 15) is 4.79 Å². The molecule has 4 heteroatoms. The highest BCUT2D eigenvalue weighted by molar-refractivity contribution is 5.86. The first kappa shape index (κ1) is 9.77. The molecule has 0 bridgehead atoms. The zero-order valence-electron chi connectivity index (χ0n) is 8.37. The molecule has 0 amide bonds. The molecule has 0 spiro atoms. The second kappa shape index (κ2) is 3.20. The van der Waals surface area contributed by atoms with Gasteiger partial charge in [-0.15, -0.1) is 0 Å². The van der Waals surface area contributed by atoms with Gasteiger partial charge in [0, 0.05) is 6.20 Å². The Balaban J connectivity index is 2.93. The molecular weight excluding hydrogens is 168 g/mol. The van der Waals surface area contributed by atoms with E-state index in [0.717, 1.165) is 0 Å². The summed E-state index contributed by atoms with van der Waals surface area (Å²) in [6.45, 7) is 6.04. The van der Waals surface area contributed by atoms with Crippen molar-refractivity contribution in [3.05, 3.63) is 18.0 Å². The van der Waals surface area contributed by atoms with E-state index < -0.39 is 5.97 Å². The quantitative estimate of drug-likeness (QED) is 0.617. The molecule has 0 aliphatic heterocycles. The molecule has 1 aromatic rings. The minimum absolute atomic E-state index is 0.105. The Hall–Kier alpha value is -1.32. The Morgan fingerprint density at radius 3 is 2.54 bits per heavy atom. The van der Waals surface area contributed by atoms with Gasteiger partial charge in [-0.1, -0.05) is 0 Å². The van der Waals surface area contributed by atoms with Crippen molar-refractivity contribution >= 4 is 5.97 Å². The molecule has 0 fully saturated rings. The third kappa shape index (κ3) is 2.08. The summed E-state index contributed by atoms with van der Waals surface area (Å²) in [5.41, 5.74) is 0.240. The van der Waals surface area contributed by atoms with Gasteiger partial charge in [-0.3, -0.25) is 4.68 Å². The number of esters is 1. The van der Waals surface area contributed by atoms with Crippen molar-refractivity contribution in [1.29, 1.82) is 0 Å². The molecular formula is C9H14N2O2. The normalized spacial score (nSPS) is 11.4. The molecule has 0 aliphatic carbocycles. The summed E-state index contributed by atoms with van der Waals surface area (Å²) in [5, 5.41) is 4.09. The minimum Gasteiger partial charge on any atom is -0.464 e. The van der Waals surface area contributed by atoms with Crippen molar-refractivity contribution in [2.24, 2.45) is 0 Å². The van der Waals surface area contributed by atoms with Gasteiger partial charge in [0.25, 0.3) is 0 Å². The van der Waals surface area contributed by atoms with Gasteiger partial charge in [0.1, 0.15) is 0 Å². The maximum Gasteiger partial charge on any atom is 0.358 e. The highest BCUT2D eigenvalue weighted by Crippen LogP contribution is 2.12. The van der Waals surface area contributed by atoms with Crippen LogP contribution in [-0.4, -0.2) is 22.9 Å². The van der Waals surface area contributed by atoms with E-state index in [-0.39, 0.29) is 5.54 Å². The first-order valence-electron chi connectivity index (χ1n) is 4.09. The molecule has 0 N–H and O–H groups in total. The molecule has 0 radical (unpaired) electrons. The second-order valence-electron chi connectivity index (χ2n) is 3.81. The number of nitrogens with zero attached hydrogens (tertiary/aromatic N) is 2. The lowest BCUT2D eigenvalue weighted by molar-refractivity contribution is 0.0592. The number of carbonyl (C=O) groups excluding carboxylic acids is 1. The maximum atomic E-state index is 11.1. The Morgan fingerprint density at radius 2 is 2.15 bits per heavy atom. The van der Waals surface area contributed by atoms with Crippen LogP contribution in [0, 0.1) is 0 Å². The van der Waals surface area contributed by atoms with Crippen molar-refractivity contribution in [3.8, 4) is 0 Å². The van der Waals surface area contributed by atoms with E-state index in [0.29, 0.717) is 5.69 Å². The third-order valence-electron chi connectivity index (χ3n) is 1.67. The van der Waals surface area contributed by atoms with Gasteiger partial charge in [0.2, 0.25) is 0 Å². The van der Waals surface area contributed by atoms with Crippen LogP contribution in [0.25, 0.3) is 0 Å². The zero-order valence-corrected chi connectivity index (χ0v) is 8.37. The lowest BCUT2D eigenvalue weighted by Gasteiger charge is -2.18. The fourth-order valence-corrected chi connectivity index (χ4v) is 0.911. The summed E-state index contributed by atoms with van der Waals surface area (Å²) in [4.78, 5) is 11.1. The molecule has 0 aliphatic rings. The van der Waals surface area contributed by atoms with Crippen LogP contribution in [-0.2, 0) is 10.3 Å². The van der Waals surface area contributed by atoms with E-state index >= 15 is 0 Å². The second-order valence-corrected chi connectivity index (χ2v) is 3.81. The molecule has 0 atom stereocenters. The van der Waals surface area contributed by atoms with Crippen LogP contribution in [0.2, 0.25) is 0 Å². The van der Waals surface area contributed by atoms with Crippen molar-refractivity contribution in [2.45, 2.75) is 26.3 Å². The maximum absolute atomic E-state index is 11.1. The summed E-state index contributed by atoms with van der Waals surface area (Å²) in [6, 6.07) is 1.65. The topological polar surface area (TPSA) is 44.1 Å². The van der Waals surface area contributed by atoms with Gasteiger partial charge in [-0.2, -0.15) is 5.10 Å². The SMILES string of the molecule is COC(=O)c1ccn(C(C)(C)C)n1. The highest BCUT2D eigenvalue weighted by Gasteiger charge is 2.16. The molecule has 0 unspecified atom stereocenters. The number of rotatable bonds is 1. The summed E-state index contributed by atoms with van der Waals surface area (Å²) in [5.74, 6) is -0.400. The van der Waals surface area contributed by atoms with Crippen LogP contribution in [0.1, 0.15) is 31.3 Å². The lowest BCUT2D eigenvalue weighted by Crippen LogP contribution is -2.22. The number of hydrogen-bond donors (Lipinski definition) is 0. The molecule has 1 aromatic heterocycles. The lowest BCUT2D eigenvalue weighted by atomic mass is 10.1. The first-order valence-corrected chi connectivity index (χ1v) is 4.09. The van der Waals surface area contributed by atoms with Crippen LogP contribution in [0.4, 0.5) is 0 Å². The van der Waals surface area contributed by atoms with E-state index in [2.05, 4.69) is 9.84 Å². The van der Waals surface area contributed by atoms with Gasteiger partial charge < -0.3 is 4.74 Å². The van der Waals surface area contributed by atoms with E-state index in [1.54, 1.807) is 16.9 Å². The number of methoxy groups -OCH3 is 1. The predicted molar refractivity (Wildman–Crippen MR) is 48.6 cm³/mol. The fraction of sp³-hybridized carbons (Fsp3) is 0.556. The minimum atomic E-state index is -0.400. The zero-order chi connectivity index (χ0) is 10.1. The van der Waals surface area contributed by atoms with Gasteiger partial charge in [0.05, 0.1) is 12.6 Å². The van der Waals surface area contributed by atoms with Gasteiger partial charge in [-0.25, -0.2) is 4.79 Å². The van der Waals surface area contributed by atoms with E-state index in [1.165, 1.54) is 7.11 Å². The standard InChI is InChI=1S/C9H14N2O2/c1-9(2,3)11-6-5-7(10-11)8(12)13-4/h5-6H,1-4H3. The molecule has 0 aromatic carbocycles. The summed E-state index contributed by atoms with van der Waals surface area (Å²) in [6.07, 6.45) is 1.77. The predicted octanol–water partition coefficient (Wildman–Crippen LogP) is 1.42. The summed E-state index contributed by atoms with van der Waals surface area (Å²) >= 11 is 0. The first-order chi connectivity index (χ1) is 5.95. The number of ether oxygens (including phenoxy) is 1. The molecule has 1 rings (SSSR count). The highest BCUT2D eigenvalue weighted by atomic mass is 16.5. The summed E-state index contributed by atoms with van der Waals surface area (Å²) in [7, 11) is 1.35. The fourth-order valence-electron chi connectivity index (χ4n) is 0.911. The average Bonchev–Trinajstić information content (AvgIpc) is 2.50. The van der Waals surface area contributed by atoms with E-state index in [1.807, 2.05) is 20.8 Å². The Kier molecular flexibility index (Phi) is 2.40. The van der Waals surface area contributed by atoms with Gasteiger partial charge in [-0.05, 0) is 26.8 Å². The van der Waals surface area contributed by atoms with Gasteiger partial charge in [0.15, 0.2) is 5.69 Å². The Morgan fingerprint density at radius 1 is 1.54 bits per heavy atom. The average molecular weight is 182 g/mol. The number of aromatic nitrogens is 2. The smallest absolute Gasteiger partial charge is 0.358 e. The largest absolute Gasteiger partial charge is 0.464 e. The van der Waals surface area contributed by atoms with Crippen LogP contribution in [0.15, 0.2) is 12.3 Å². The van der Waals surface area contributed by atoms with Crippen molar-refractivity contribution in [1.82, 2.24) is 9.78 Å². The molecule has 0 saturated heterocycles. The molecule has 1 heterocycles. The van der Waals surface area contributed by atoms with Crippen LogP contribution in [0.5, 0.6) is 0 Å². The Bertz CT molecular complexity index is 310. The monoisotopic (exact) mass is 182 g/mol. The Labute approximate surface area is 77.5 Å². The third-order valence-corrected chi connectivity index (χ3v) is 1.67. The van der Waals surface area contributed by atoms with Crippen molar-refractivity contribution < 1.29 is 9.53 Å². The van der Waals surface area contributed by atoms with Crippen molar-refractivity contribution in [3.63, 3.8) is 0 Å². The van der Waals surface area contributed by atoms with Gasteiger partial charge >= 0.3 is 5.97 Å². The van der Waals surface area contributed by atoms with Crippen LogP contribution < -0.4 is 0 Å². The molecule has 72 valence electrons. The molecule has 4 nitrogen and oxygen atoms in total. The van der Waals surface area contributed by atoms with Crippen LogP contribution >= 0.6 is 0 Å². The molecule has 0 saturated carbocycles. The van der Waals surface area contributed by atoms with Crippen LogP contribution in [0.3, 0.4) is 0 Å². The summed E-state index contributed by atoms with van der Waals surface area (Å²) < 4.78 is 6.28. The molecule has 13 heavy (non-hydrogen) atoms. The number of hydrogen-bond acceptors (Lipinski definition) is 3.